The third-order valence-electron chi connectivity index (χ3n) is 6.02. The molecule has 1 aliphatic carbocycles. The minimum atomic E-state index is -0.514. The van der Waals surface area contributed by atoms with Crippen molar-refractivity contribution in [2.45, 2.75) is 25.7 Å². The first-order chi connectivity index (χ1) is 12.2. The van der Waals surface area contributed by atoms with E-state index in [0.29, 0.717) is 0 Å². The van der Waals surface area contributed by atoms with E-state index >= 15 is 0 Å². The largest absolute Gasteiger partial charge is 0.505 e. The lowest BCUT2D eigenvalue weighted by Gasteiger charge is -2.19. The summed E-state index contributed by atoms with van der Waals surface area (Å²) in [6.45, 7) is 3.37. The van der Waals surface area contributed by atoms with Crippen molar-refractivity contribution < 1.29 is 9.50 Å². The first-order valence-corrected chi connectivity index (χ1v) is 9.41. The van der Waals surface area contributed by atoms with Crippen LogP contribution in [0.3, 0.4) is 0 Å². The van der Waals surface area contributed by atoms with Crippen LogP contribution in [0.4, 0.5) is 4.39 Å². The van der Waals surface area contributed by atoms with Crippen LogP contribution in [-0.2, 0) is 12.8 Å². The molecule has 1 N–H and O–H groups in total. The van der Waals surface area contributed by atoms with Gasteiger partial charge in [0.25, 0.3) is 0 Å². The maximum Gasteiger partial charge on any atom is 0.165 e. The molecule has 2 fully saturated rings. The molecule has 0 amide bonds. The summed E-state index contributed by atoms with van der Waals surface area (Å²) in [5, 5.41) is 9.28. The molecule has 25 heavy (non-hydrogen) atoms. The van der Waals surface area contributed by atoms with E-state index in [-0.39, 0.29) is 5.75 Å². The Balaban J connectivity index is 1.26. The molecular weight excluding hydrogens is 313 g/mol. The van der Waals surface area contributed by atoms with Crippen LogP contribution in [0, 0.1) is 23.6 Å². The Morgan fingerprint density at radius 3 is 2.36 bits per heavy atom. The summed E-state index contributed by atoms with van der Waals surface area (Å²) in [6.07, 6.45) is 4.78. The fourth-order valence-corrected chi connectivity index (χ4v) is 4.81. The molecule has 4 rings (SSSR count). The fraction of sp³-hybridized carbons (Fsp3) is 0.455. The van der Waals surface area contributed by atoms with Crippen LogP contribution >= 0.6 is 0 Å². The van der Waals surface area contributed by atoms with Gasteiger partial charge in [0.1, 0.15) is 0 Å². The van der Waals surface area contributed by atoms with E-state index in [1.165, 1.54) is 50.0 Å². The molecule has 0 radical (unpaired) electrons. The van der Waals surface area contributed by atoms with Gasteiger partial charge in [-0.1, -0.05) is 36.4 Å². The molecule has 2 aromatic carbocycles. The number of hydrogen-bond donors (Lipinski definition) is 1. The second-order valence-corrected chi connectivity index (χ2v) is 7.84. The number of nitrogens with zero attached hydrogens (tertiary/aromatic N) is 1. The number of aromatic hydroxyl groups is 1. The Bertz CT molecular complexity index is 703. The molecule has 0 aromatic heterocycles. The maximum atomic E-state index is 13.4. The molecule has 2 nitrogen and oxygen atoms in total. The van der Waals surface area contributed by atoms with Gasteiger partial charge in [0.2, 0.25) is 0 Å². The number of likely N-dealkylation sites (tertiary alicyclic amines) is 1. The van der Waals surface area contributed by atoms with Gasteiger partial charge in [-0.15, -0.1) is 0 Å². The van der Waals surface area contributed by atoms with E-state index in [2.05, 4.69) is 35.2 Å². The van der Waals surface area contributed by atoms with Gasteiger partial charge in [0, 0.05) is 19.6 Å². The van der Waals surface area contributed by atoms with Crippen molar-refractivity contribution >= 4 is 0 Å². The average Bonchev–Trinajstić information content (AvgIpc) is 3.15. The molecule has 0 spiro atoms. The van der Waals surface area contributed by atoms with Crippen molar-refractivity contribution in [2.24, 2.45) is 17.8 Å². The second kappa shape index (κ2) is 7.17. The highest BCUT2D eigenvalue weighted by molar-refractivity contribution is 5.28. The zero-order valence-electron chi connectivity index (χ0n) is 14.6. The van der Waals surface area contributed by atoms with Crippen molar-refractivity contribution in [3.63, 3.8) is 0 Å². The molecular formula is C22H26FNO. The highest BCUT2D eigenvalue weighted by atomic mass is 19.1. The Kier molecular flexibility index (Phi) is 4.76. The summed E-state index contributed by atoms with van der Waals surface area (Å²) in [4.78, 5) is 2.54. The number of phenolic OH excluding ortho intramolecular Hbond substituents is 1. The zero-order valence-corrected chi connectivity index (χ0v) is 14.6. The molecule has 2 aliphatic rings. The lowest BCUT2D eigenvalue weighted by Crippen LogP contribution is -2.25. The number of halogens is 1. The van der Waals surface area contributed by atoms with Crippen molar-refractivity contribution in [1.29, 1.82) is 0 Å². The number of benzene rings is 2. The lowest BCUT2D eigenvalue weighted by molar-refractivity contribution is 0.300. The maximum absolute atomic E-state index is 13.4. The van der Waals surface area contributed by atoms with Gasteiger partial charge in [0.15, 0.2) is 11.6 Å². The van der Waals surface area contributed by atoms with Gasteiger partial charge < -0.3 is 10.0 Å². The molecule has 2 aromatic rings. The third-order valence-corrected chi connectivity index (χ3v) is 6.02. The smallest absolute Gasteiger partial charge is 0.165 e. The van der Waals surface area contributed by atoms with Crippen LogP contribution < -0.4 is 0 Å². The average molecular weight is 339 g/mol. The van der Waals surface area contributed by atoms with Crippen molar-refractivity contribution in [2.75, 3.05) is 19.6 Å². The Morgan fingerprint density at radius 2 is 1.68 bits per heavy atom. The summed E-state index contributed by atoms with van der Waals surface area (Å²) in [7, 11) is 0. The summed E-state index contributed by atoms with van der Waals surface area (Å²) in [5.74, 6) is 1.74. The first kappa shape index (κ1) is 16.6. The molecule has 2 unspecified atom stereocenters. The molecule has 3 heteroatoms. The van der Waals surface area contributed by atoms with Crippen LogP contribution in [0.2, 0.25) is 0 Å². The van der Waals surface area contributed by atoms with E-state index in [1.807, 2.05) is 6.07 Å². The third kappa shape index (κ3) is 3.87. The van der Waals surface area contributed by atoms with Crippen molar-refractivity contribution in [3.8, 4) is 5.75 Å². The molecule has 1 saturated heterocycles. The number of fused-ring (bicyclic) bond motifs is 1. The number of hydrogen-bond acceptors (Lipinski definition) is 2. The number of rotatable bonds is 5. The summed E-state index contributed by atoms with van der Waals surface area (Å²) in [6, 6.07) is 15.6. The van der Waals surface area contributed by atoms with E-state index in [1.54, 1.807) is 0 Å². The summed E-state index contributed by atoms with van der Waals surface area (Å²) >= 11 is 0. The predicted octanol–water partition coefficient (Wildman–Crippen LogP) is 4.27. The van der Waals surface area contributed by atoms with Crippen molar-refractivity contribution in [3.05, 3.63) is 65.5 Å². The Morgan fingerprint density at radius 1 is 0.960 bits per heavy atom. The lowest BCUT2D eigenvalue weighted by atomic mass is 9.96. The SMILES string of the molecule is Oc1ccc(CCN2CC3CC(Cc4ccccc4)CC3C2)cc1F. The summed E-state index contributed by atoms with van der Waals surface area (Å²) < 4.78 is 13.4. The van der Waals surface area contributed by atoms with Crippen LogP contribution in [-0.4, -0.2) is 29.6 Å². The zero-order chi connectivity index (χ0) is 17.2. The highest BCUT2D eigenvalue weighted by Gasteiger charge is 2.40. The monoisotopic (exact) mass is 339 g/mol. The molecule has 1 saturated carbocycles. The van der Waals surface area contributed by atoms with Crippen LogP contribution in [0.5, 0.6) is 5.75 Å². The molecule has 2 atom stereocenters. The van der Waals surface area contributed by atoms with Crippen LogP contribution in [0.15, 0.2) is 48.5 Å². The van der Waals surface area contributed by atoms with E-state index in [0.717, 1.165) is 36.3 Å². The van der Waals surface area contributed by atoms with Crippen LogP contribution in [0.1, 0.15) is 24.0 Å². The van der Waals surface area contributed by atoms with Gasteiger partial charge in [-0.2, -0.15) is 0 Å². The van der Waals surface area contributed by atoms with Crippen molar-refractivity contribution in [1.82, 2.24) is 4.90 Å². The molecule has 1 heterocycles. The quantitative estimate of drug-likeness (QED) is 0.879. The van der Waals surface area contributed by atoms with Gasteiger partial charge in [0.05, 0.1) is 0 Å². The minimum Gasteiger partial charge on any atom is -0.505 e. The molecule has 1 aliphatic heterocycles. The predicted molar refractivity (Wildman–Crippen MR) is 98.1 cm³/mol. The van der Waals surface area contributed by atoms with Gasteiger partial charge >= 0.3 is 0 Å². The Hall–Kier alpha value is -1.87. The Labute approximate surface area is 149 Å². The van der Waals surface area contributed by atoms with E-state index in [4.69, 9.17) is 0 Å². The van der Waals surface area contributed by atoms with E-state index in [9.17, 15) is 9.50 Å². The highest BCUT2D eigenvalue weighted by Crippen LogP contribution is 2.42. The van der Waals surface area contributed by atoms with Gasteiger partial charge in [-0.05, 0) is 66.7 Å². The summed E-state index contributed by atoms with van der Waals surface area (Å²) in [5.41, 5.74) is 2.44. The van der Waals surface area contributed by atoms with Gasteiger partial charge in [-0.3, -0.25) is 0 Å². The fourth-order valence-electron chi connectivity index (χ4n) is 4.81. The van der Waals surface area contributed by atoms with Gasteiger partial charge in [-0.25, -0.2) is 4.39 Å². The number of phenols is 1. The standard InChI is InChI=1S/C22H26FNO/c23-21-13-17(6-7-22(21)25)8-9-24-14-19-11-18(12-20(19)15-24)10-16-4-2-1-3-5-16/h1-7,13,18-20,25H,8-12,14-15H2. The molecule has 132 valence electrons. The topological polar surface area (TPSA) is 23.5 Å². The first-order valence-electron chi connectivity index (χ1n) is 9.41. The van der Waals surface area contributed by atoms with Crippen LogP contribution in [0.25, 0.3) is 0 Å². The van der Waals surface area contributed by atoms with E-state index < -0.39 is 5.82 Å². The normalized spacial score (nSPS) is 26.0. The second-order valence-electron chi connectivity index (χ2n) is 7.84. The minimum absolute atomic E-state index is 0.260. The molecule has 0 bridgehead atoms.